The van der Waals surface area contributed by atoms with Crippen LogP contribution in [-0.4, -0.2) is 22.6 Å². The van der Waals surface area contributed by atoms with Gasteiger partial charge in [0.2, 0.25) is 5.88 Å². The van der Waals surface area contributed by atoms with Gasteiger partial charge in [-0.2, -0.15) is 0 Å². The number of amidine groups is 1. The zero-order chi connectivity index (χ0) is 9.68. The number of aromatic nitrogens is 1. The van der Waals surface area contributed by atoms with Crippen molar-refractivity contribution in [2.75, 3.05) is 6.61 Å². The number of oxime groups is 1. The quantitative estimate of drug-likeness (QED) is 0.309. The Labute approximate surface area is 75.8 Å². The van der Waals surface area contributed by atoms with Crippen molar-refractivity contribution in [3.63, 3.8) is 0 Å². The normalized spacial score (nSPS) is 11.3. The summed E-state index contributed by atoms with van der Waals surface area (Å²) in [6.45, 7) is 2.39. The van der Waals surface area contributed by atoms with Gasteiger partial charge in [-0.25, -0.2) is 4.98 Å². The van der Waals surface area contributed by atoms with Crippen LogP contribution in [0.15, 0.2) is 23.5 Å². The molecule has 0 aliphatic carbocycles. The monoisotopic (exact) mass is 181 g/mol. The number of rotatable bonds is 3. The molecule has 0 saturated heterocycles. The predicted molar refractivity (Wildman–Crippen MR) is 47.9 cm³/mol. The summed E-state index contributed by atoms with van der Waals surface area (Å²) in [5.41, 5.74) is 5.96. The summed E-state index contributed by atoms with van der Waals surface area (Å²) in [6.07, 6.45) is 1.54. The number of ether oxygens (including phenoxy) is 1. The van der Waals surface area contributed by atoms with Crippen molar-refractivity contribution < 1.29 is 9.94 Å². The highest BCUT2D eigenvalue weighted by atomic mass is 16.5. The van der Waals surface area contributed by atoms with Crippen molar-refractivity contribution >= 4 is 5.84 Å². The first kappa shape index (κ1) is 9.31. The Balaban J connectivity index is 2.91. The Hall–Kier alpha value is -1.78. The molecule has 0 aliphatic rings. The van der Waals surface area contributed by atoms with Crippen LogP contribution >= 0.6 is 0 Å². The molecule has 5 nitrogen and oxygen atoms in total. The predicted octanol–water partition coefficient (Wildman–Crippen LogP) is 0.575. The smallest absolute Gasteiger partial charge is 0.213 e. The summed E-state index contributed by atoms with van der Waals surface area (Å²) in [5.74, 6) is 0.509. The lowest BCUT2D eigenvalue weighted by atomic mass is 10.2. The van der Waals surface area contributed by atoms with E-state index >= 15 is 0 Å². The van der Waals surface area contributed by atoms with Crippen LogP contribution < -0.4 is 10.5 Å². The van der Waals surface area contributed by atoms with Gasteiger partial charge in [0.1, 0.15) is 0 Å². The van der Waals surface area contributed by atoms with Gasteiger partial charge in [-0.15, -0.1) is 0 Å². The molecule has 0 unspecified atom stereocenters. The zero-order valence-corrected chi connectivity index (χ0v) is 7.27. The van der Waals surface area contributed by atoms with Crippen molar-refractivity contribution in [3.8, 4) is 5.88 Å². The van der Waals surface area contributed by atoms with Crippen LogP contribution in [-0.2, 0) is 0 Å². The second kappa shape index (κ2) is 4.30. The third-order valence-electron chi connectivity index (χ3n) is 1.43. The van der Waals surface area contributed by atoms with Crippen LogP contribution in [0.2, 0.25) is 0 Å². The van der Waals surface area contributed by atoms with Crippen LogP contribution in [0.3, 0.4) is 0 Å². The highest BCUT2D eigenvalue weighted by Gasteiger charge is 2.01. The lowest BCUT2D eigenvalue weighted by Crippen LogP contribution is -2.13. The minimum atomic E-state index is 0.0448. The summed E-state index contributed by atoms with van der Waals surface area (Å²) in [6, 6.07) is 3.25. The summed E-state index contributed by atoms with van der Waals surface area (Å²) >= 11 is 0. The molecule has 1 heterocycles. The molecule has 0 fully saturated rings. The number of hydrogen-bond donors (Lipinski definition) is 2. The van der Waals surface area contributed by atoms with Crippen molar-refractivity contribution in [2.24, 2.45) is 10.9 Å². The summed E-state index contributed by atoms with van der Waals surface area (Å²) in [4.78, 5) is 3.93. The van der Waals surface area contributed by atoms with Crippen LogP contribution in [0.25, 0.3) is 0 Å². The molecular formula is C8H11N3O2. The highest BCUT2D eigenvalue weighted by molar-refractivity contribution is 5.97. The van der Waals surface area contributed by atoms with E-state index in [0.717, 1.165) is 0 Å². The number of nitrogens with two attached hydrogens (primary N) is 1. The average Bonchev–Trinajstić information content (AvgIpc) is 2.18. The van der Waals surface area contributed by atoms with E-state index in [9.17, 15) is 0 Å². The Morgan fingerprint density at radius 1 is 1.77 bits per heavy atom. The fourth-order valence-corrected chi connectivity index (χ4v) is 0.853. The maximum atomic E-state index is 8.41. The first-order valence-corrected chi connectivity index (χ1v) is 3.84. The van der Waals surface area contributed by atoms with Crippen LogP contribution in [0.1, 0.15) is 12.5 Å². The SMILES string of the molecule is CCOc1cc(C(N)=NO)ccn1. The Bertz CT molecular complexity index is 312. The van der Waals surface area contributed by atoms with E-state index in [1.165, 1.54) is 0 Å². The molecule has 3 N–H and O–H groups in total. The number of nitrogens with zero attached hydrogens (tertiary/aromatic N) is 2. The molecule has 0 saturated carbocycles. The third-order valence-corrected chi connectivity index (χ3v) is 1.43. The van der Waals surface area contributed by atoms with E-state index < -0.39 is 0 Å². The number of hydrogen-bond acceptors (Lipinski definition) is 4. The first-order chi connectivity index (χ1) is 6.27. The van der Waals surface area contributed by atoms with E-state index in [2.05, 4.69) is 10.1 Å². The zero-order valence-electron chi connectivity index (χ0n) is 7.27. The van der Waals surface area contributed by atoms with Gasteiger partial charge in [-0.1, -0.05) is 5.16 Å². The van der Waals surface area contributed by atoms with Crippen LogP contribution in [0.4, 0.5) is 0 Å². The molecule has 0 atom stereocenters. The van der Waals surface area contributed by atoms with Gasteiger partial charge in [-0.05, 0) is 13.0 Å². The highest BCUT2D eigenvalue weighted by Crippen LogP contribution is 2.08. The first-order valence-electron chi connectivity index (χ1n) is 3.84. The second-order valence-electron chi connectivity index (χ2n) is 2.30. The van der Waals surface area contributed by atoms with E-state index in [0.29, 0.717) is 18.1 Å². The topological polar surface area (TPSA) is 80.7 Å². The summed E-state index contributed by atoms with van der Waals surface area (Å²) < 4.78 is 5.14. The number of pyridine rings is 1. The largest absolute Gasteiger partial charge is 0.478 e. The molecule has 0 bridgehead atoms. The van der Waals surface area contributed by atoms with E-state index in [1.807, 2.05) is 6.92 Å². The van der Waals surface area contributed by atoms with Gasteiger partial charge in [0.05, 0.1) is 6.61 Å². The third kappa shape index (κ3) is 2.33. The van der Waals surface area contributed by atoms with Gasteiger partial charge in [0.15, 0.2) is 5.84 Å². The molecule has 0 spiro atoms. The Kier molecular flexibility index (Phi) is 3.08. The molecule has 0 aliphatic heterocycles. The molecule has 13 heavy (non-hydrogen) atoms. The second-order valence-corrected chi connectivity index (χ2v) is 2.30. The molecule has 1 aromatic rings. The molecule has 0 aromatic carbocycles. The fraction of sp³-hybridized carbons (Fsp3) is 0.250. The molecule has 5 heteroatoms. The van der Waals surface area contributed by atoms with Gasteiger partial charge in [0, 0.05) is 17.8 Å². The average molecular weight is 181 g/mol. The standard InChI is InChI=1S/C8H11N3O2/c1-2-13-7-5-6(3-4-10-7)8(9)11-12/h3-5,12H,2H2,1H3,(H2,9,11). The Morgan fingerprint density at radius 2 is 2.54 bits per heavy atom. The van der Waals surface area contributed by atoms with Crippen LogP contribution in [0, 0.1) is 0 Å². The van der Waals surface area contributed by atoms with E-state index in [-0.39, 0.29) is 5.84 Å². The fourth-order valence-electron chi connectivity index (χ4n) is 0.853. The molecule has 1 rings (SSSR count). The summed E-state index contributed by atoms with van der Waals surface area (Å²) in [5, 5.41) is 11.3. The lowest BCUT2D eigenvalue weighted by Gasteiger charge is -2.02. The van der Waals surface area contributed by atoms with E-state index in [4.69, 9.17) is 15.7 Å². The van der Waals surface area contributed by atoms with E-state index in [1.54, 1.807) is 18.3 Å². The Morgan fingerprint density at radius 3 is 3.15 bits per heavy atom. The minimum absolute atomic E-state index is 0.0448. The molecule has 0 amide bonds. The van der Waals surface area contributed by atoms with Gasteiger partial charge >= 0.3 is 0 Å². The van der Waals surface area contributed by atoms with Gasteiger partial charge < -0.3 is 15.7 Å². The van der Waals surface area contributed by atoms with Crippen molar-refractivity contribution in [1.29, 1.82) is 0 Å². The van der Waals surface area contributed by atoms with Crippen molar-refractivity contribution in [1.82, 2.24) is 4.98 Å². The molecule has 70 valence electrons. The van der Waals surface area contributed by atoms with Gasteiger partial charge in [0.25, 0.3) is 0 Å². The van der Waals surface area contributed by atoms with Crippen LogP contribution in [0.5, 0.6) is 5.88 Å². The minimum Gasteiger partial charge on any atom is -0.478 e. The summed E-state index contributed by atoms with van der Waals surface area (Å²) in [7, 11) is 0. The van der Waals surface area contributed by atoms with Crippen molar-refractivity contribution in [2.45, 2.75) is 6.92 Å². The molecule has 0 radical (unpaired) electrons. The molecule has 1 aromatic heterocycles. The van der Waals surface area contributed by atoms with Crippen molar-refractivity contribution in [3.05, 3.63) is 23.9 Å². The van der Waals surface area contributed by atoms with Gasteiger partial charge in [-0.3, -0.25) is 0 Å². The molecular weight excluding hydrogens is 170 g/mol. The maximum Gasteiger partial charge on any atom is 0.213 e. The maximum absolute atomic E-state index is 8.41. The lowest BCUT2D eigenvalue weighted by molar-refractivity contribution is 0.318.